The van der Waals surface area contributed by atoms with Crippen LogP contribution < -0.4 is 5.32 Å². The third-order valence-corrected chi connectivity index (χ3v) is 3.48. The lowest BCUT2D eigenvalue weighted by molar-refractivity contribution is -0.148. The van der Waals surface area contributed by atoms with Crippen LogP contribution in [0.15, 0.2) is 60.7 Å². The minimum Gasteiger partial charge on any atom is -0.464 e. The van der Waals surface area contributed by atoms with E-state index >= 15 is 0 Å². The number of benzene rings is 2. The second-order valence-electron chi connectivity index (χ2n) is 5.29. The van der Waals surface area contributed by atoms with E-state index in [0.717, 1.165) is 5.56 Å². The molecule has 0 heterocycles. The van der Waals surface area contributed by atoms with E-state index in [0.29, 0.717) is 5.56 Å². The lowest BCUT2D eigenvalue weighted by Gasteiger charge is -2.22. The van der Waals surface area contributed by atoms with Crippen LogP contribution in [0.3, 0.4) is 0 Å². The van der Waals surface area contributed by atoms with Gasteiger partial charge in [-0.2, -0.15) is 0 Å². The van der Waals surface area contributed by atoms with Crippen LogP contribution in [0, 0.1) is 0 Å². The Morgan fingerprint density at radius 1 is 1.00 bits per heavy atom. The Labute approximate surface area is 146 Å². The molecule has 25 heavy (non-hydrogen) atoms. The van der Waals surface area contributed by atoms with Crippen LogP contribution in [-0.4, -0.2) is 29.8 Å². The highest BCUT2D eigenvalue weighted by Crippen LogP contribution is 2.18. The van der Waals surface area contributed by atoms with Crippen molar-refractivity contribution in [2.75, 3.05) is 6.61 Å². The highest BCUT2D eigenvalue weighted by Gasteiger charge is 2.31. The summed E-state index contributed by atoms with van der Waals surface area (Å²) >= 11 is 0. The van der Waals surface area contributed by atoms with Crippen LogP contribution in [0.4, 0.5) is 4.79 Å². The number of ether oxygens (including phenoxy) is 2. The number of amides is 1. The van der Waals surface area contributed by atoms with E-state index in [1.807, 2.05) is 30.3 Å². The molecule has 0 aliphatic carbocycles. The van der Waals surface area contributed by atoms with Crippen molar-refractivity contribution in [2.24, 2.45) is 0 Å². The van der Waals surface area contributed by atoms with Crippen molar-refractivity contribution in [1.29, 1.82) is 0 Å². The van der Waals surface area contributed by atoms with Crippen molar-refractivity contribution in [1.82, 2.24) is 5.32 Å². The first-order chi connectivity index (χ1) is 12.1. The van der Waals surface area contributed by atoms with Gasteiger partial charge in [0.2, 0.25) is 0 Å². The van der Waals surface area contributed by atoms with Crippen LogP contribution in [0.1, 0.15) is 24.2 Å². The Kier molecular flexibility index (Phi) is 6.98. The number of hydrogen-bond donors (Lipinski definition) is 2. The number of carbonyl (C=O) groups excluding carboxylic acids is 2. The molecule has 0 aliphatic heterocycles. The number of nitrogens with one attached hydrogen (secondary N) is 1. The van der Waals surface area contributed by atoms with Gasteiger partial charge in [0.25, 0.3) is 0 Å². The molecule has 2 unspecified atom stereocenters. The van der Waals surface area contributed by atoms with Gasteiger partial charge in [-0.3, -0.25) is 0 Å². The zero-order chi connectivity index (χ0) is 18.1. The van der Waals surface area contributed by atoms with Crippen molar-refractivity contribution < 1.29 is 24.2 Å². The summed E-state index contributed by atoms with van der Waals surface area (Å²) in [5.74, 6) is -0.726. The molecule has 2 N–H and O–H groups in total. The van der Waals surface area contributed by atoms with Gasteiger partial charge in [0.1, 0.15) is 12.7 Å². The summed E-state index contributed by atoms with van der Waals surface area (Å²) < 4.78 is 10.0. The van der Waals surface area contributed by atoms with Crippen LogP contribution in [-0.2, 0) is 20.9 Å². The summed E-state index contributed by atoms with van der Waals surface area (Å²) in [4.78, 5) is 24.1. The van der Waals surface area contributed by atoms with Gasteiger partial charge in [0, 0.05) is 0 Å². The zero-order valence-electron chi connectivity index (χ0n) is 13.9. The fourth-order valence-electron chi connectivity index (χ4n) is 2.23. The van der Waals surface area contributed by atoms with Gasteiger partial charge in [0.05, 0.1) is 6.61 Å². The van der Waals surface area contributed by atoms with Gasteiger partial charge in [-0.1, -0.05) is 60.7 Å². The molecular weight excluding hydrogens is 322 g/mol. The smallest absolute Gasteiger partial charge is 0.408 e. The normalized spacial score (nSPS) is 12.7. The molecule has 6 nitrogen and oxygen atoms in total. The van der Waals surface area contributed by atoms with Crippen LogP contribution in [0.25, 0.3) is 0 Å². The molecule has 132 valence electrons. The fraction of sp³-hybridized carbons (Fsp3) is 0.263. The molecule has 1 amide bonds. The minimum atomic E-state index is -1.26. The number of carbonyl (C=O) groups is 2. The first kappa shape index (κ1) is 18.5. The number of aliphatic hydroxyl groups excluding tert-OH is 1. The lowest BCUT2D eigenvalue weighted by atomic mass is 10.0. The molecule has 0 saturated carbocycles. The number of alkyl carbamates (subject to hydrolysis) is 1. The number of esters is 1. The first-order valence-corrected chi connectivity index (χ1v) is 7.98. The average Bonchev–Trinajstić information content (AvgIpc) is 2.65. The molecule has 2 rings (SSSR count). The predicted octanol–water partition coefficient (Wildman–Crippen LogP) is 2.58. The van der Waals surface area contributed by atoms with Gasteiger partial charge in [-0.25, -0.2) is 9.59 Å². The quantitative estimate of drug-likeness (QED) is 0.755. The van der Waals surface area contributed by atoms with Gasteiger partial charge in [-0.05, 0) is 18.1 Å². The monoisotopic (exact) mass is 343 g/mol. The summed E-state index contributed by atoms with van der Waals surface area (Å²) in [6.07, 6.45) is -2.05. The van der Waals surface area contributed by atoms with Crippen molar-refractivity contribution in [3.8, 4) is 0 Å². The van der Waals surface area contributed by atoms with Gasteiger partial charge in [-0.15, -0.1) is 0 Å². The molecule has 2 aromatic rings. The molecule has 0 saturated heterocycles. The van der Waals surface area contributed by atoms with Crippen LogP contribution >= 0.6 is 0 Å². The second kappa shape index (κ2) is 9.44. The number of rotatable bonds is 7. The maximum atomic E-state index is 12.1. The van der Waals surface area contributed by atoms with E-state index in [2.05, 4.69) is 5.32 Å². The molecule has 0 aliphatic rings. The topological polar surface area (TPSA) is 84.9 Å². The van der Waals surface area contributed by atoms with Gasteiger partial charge < -0.3 is 19.9 Å². The summed E-state index contributed by atoms with van der Waals surface area (Å²) in [6, 6.07) is 16.5. The maximum Gasteiger partial charge on any atom is 0.408 e. The first-order valence-electron chi connectivity index (χ1n) is 7.98. The Balaban J connectivity index is 2.02. The molecule has 0 aromatic heterocycles. The van der Waals surface area contributed by atoms with Crippen molar-refractivity contribution in [2.45, 2.75) is 25.7 Å². The molecule has 2 atom stereocenters. The molecule has 0 fully saturated rings. The van der Waals surface area contributed by atoms with Crippen LogP contribution in [0.2, 0.25) is 0 Å². The van der Waals surface area contributed by atoms with Crippen molar-refractivity contribution >= 4 is 12.1 Å². The van der Waals surface area contributed by atoms with E-state index < -0.39 is 24.2 Å². The third kappa shape index (κ3) is 5.61. The summed E-state index contributed by atoms with van der Waals surface area (Å²) in [6.45, 7) is 1.85. The Hall–Kier alpha value is -2.86. The van der Waals surface area contributed by atoms with Crippen LogP contribution in [0.5, 0.6) is 0 Å². The van der Waals surface area contributed by atoms with Gasteiger partial charge >= 0.3 is 12.1 Å². The molecular formula is C19H21NO5. The molecule has 0 bridgehead atoms. The van der Waals surface area contributed by atoms with E-state index in [1.54, 1.807) is 37.3 Å². The summed E-state index contributed by atoms with van der Waals surface area (Å²) in [5.41, 5.74) is 1.30. The maximum absolute atomic E-state index is 12.1. The second-order valence-corrected chi connectivity index (χ2v) is 5.29. The summed E-state index contributed by atoms with van der Waals surface area (Å²) in [7, 11) is 0. The van der Waals surface area contributed by atoms with Crippen molar-refractivity contribution in [3.63, 3.8) is 0 Å². The van der Waals surface area contributed by atoms with Gasteiger partial charge in [0.15, 0.2) is 6.04 Å². The predicted molar refractivity (Wildman–Crippen MR) is 91.6 cm³/mol. The highest BCUT2D eigenvalue weighted by atomic mass is 16.6. The minimum absolute atomic E-state index is 0.0592. The summed E-state index contributed by atoms with van der Waals surface area (Å²) in [5, 5.41) is 12.8. The SMILES string of the molecule is CCOC(=O)C(NC(=O)OCc1ccccc1)C(O)c1ccccc1. The number of aliphatic hydroxyl groups is 1. The largest absolute Gasteiger partial charge is 0.464 e. The van der Waals surface area contributed by atoms with Crippen molar-refractivity contribution in [3.05, 3.63) is 71.8 Å². The third-order valence-electron chi connectivity index (χ3n) is 3.48. The average molecular weight is 343 g/mol. The molecule has 0 spiro atoms. The van der Waals surface area contributed by atoms with E-state index in [-0.39, 0.29) is 13.2 Å². The van der Waals surface area contributed by atoms with E-state index in [4.69, 9.17) is 9.47 Å². The Bertz CT molecular complexity index is 675. The Morgan fingerprint density at radius 2 is 1.60 bits per heavy atom. The molecule has 2 aromatic carbocycles. The van der Waals surface area contributed by atoms with E-state index in [1.165, 1.54) is 0 Å². The highest BCUT2D eigenvalue weighted by molar-refractivity contribution is 5.82. The number of hydrogen-bond acceptors (Lipinski definition) is 5. The zero-order valence-corrected chi connectivity index (χ0v) is 13.9. The van der Waals surface area contributed by atoms with E-state index in [9.17, 15) is 14.7 Å². The Morgan fingerprint density at radius 3 is 2.20 bits per heavy atom. The molecule has 6 heteroatoms. The standard InChI is InChI=1S/C19H21NO5/c1-2-24-18(22)16(17(21)15-11-7-4-8-12-15)20-19(23)25-13-14-9-5-3-6-10-14/h3-12,16-17,21H,2,13H2,1H3,(H,20,23). The molecule has 0 radical (unpaired) electrons. The fourth-order valence-corrected chi connectivity index (χ4v) is 2.23. The lowest BCUT2D eigenvalue weighted by Crippen LogP contribution is -2.46.